The van der Waals surface area contributed by atoms with E-state index in [1.165, 1.54) is 9.58 Å². The largest absolute Gasteiger partial charge is 0.369 e. The number of nitrogens with two attached hydrogens (primary N) is 1. The first-order chi connectivity index (χ1) is 16.2. The van der Waals surface area contributed by atoms with E-state index in [1.54, 1.807) is 54.3 Å². The van der Waals surface area contributed by atoms with Crippen LogP contribution in [0.2, 0.25) is 0 Å². The molecular weight excluding hydrogens is 434 g/mol. The number of pyridine rings is 1. The minimum absolute atomic E-state index is 0.102. The zero-order valence-electron chi connectivity index (χ0n) is 18.6. The van der Waals surface area contributed by atoms with Crippen LogP contribution in [-0.4, -0.2) is 65.6 Å². The quantitative estimate of drug-likeness (QED) is 0.441. The Hall–Kier alpha value is -4.49. The van der Waals surface area contributed by atoms with E-state index in [4.69, 9.17) is 10.7 Å². The zero-order chi connectivity index (χ0) is 24.0. The fourth-order valence-electron chi connectivity index (χ4n) is 3.93. The van der Waals surface area contributed by atoms with Gasteiger partial charge in [-0.25, -0.2) is 9.67 Å². The van der Waals surface area contributed by atoms with Gasteiger partial charge in [-0.1, -0.05) is 17.9 Å². The van der Waals surface area contributed by atoms with Crippen molar-refractivity contribution in [2.45, 2.75) is 12.0 Å². The van der Waals surface area contributed by atoms with Crippen molar-refractivity contribution < 1.29 is 14.7 Å². The van der Waals surface area contributed by atoms with Gasteiger partial charge >= 0.3 is 0 Å². The molecule has 2 amide bonds. The minimum atomic E-state index is -1.69. The van der Waals surface area contributed by atoms with Gasteiger partial charge in [0.05, 0.1) is 23.0 Å². The fraction of sp³-hybridized carbons (Fsp3) is 0.208. The van der Waals surface area contributed by atoms with Crippen molar-refractivity contribution in [2.24, 2.45) is 12.8 Å². The number of amides is 2. The van der Waals surface area contributed by atoms with Crippen LogP contribution in [0, 0.1) is 11.8 Å². The molecule has 10 heteroatoms. The summed E-state index contributed by atoms with van der Waals surface area (Å²) in [6.45, 7) is 0.449. The van der Waals surface area contributed by atoms with Gasteiger partial charge in [-0.15, -0.1) is 0 Å². The van der Waals surface area contributed by atoms with Crippen molar-refractivity contribution >= 4 is 22.8 Å². The van der Waals surface area contributed by atoms with E-state index in [0.29, 0.717) is 34.5 Å². The molecule has 1 aromatic carbocycles. The summed E-state index contributed by atoms with van der Waals surface area (Å²) in [4.78, 5) is 30.4. The number of aromatic nitrogens is 5. The number of likely N-dealkylation sites (N-methyl/N-ethyl adjacent to an activating group) is 1. The third-order valence-electron chi connectivity index (χ3n) is 5.78. The standard InChI is InChI=1S/C24H21N7O3/c1-29-11-10-24(34,23(29)33)9-8-15-4-3-5-17(12-15)31-22-18(20(28-31)21(25)32)6-7-19(27-22)16-13-26-30(2)14-16/h3-7,12-14,34H,10-11H2,1-2H3,(H2,25,32)/t24-/m0/s1. The second kappa shape index (κ2) is 7.83. The summed E-state index contributed by atoms with van der Waals surface area (Å²) in [7, 11) is 3.45. The molecule has 1 aliphatic heterocycles. The molecule has 4 heterocycles. The van der Waals surface area contributed by atoms with Gasteiger partial charge < -0.3 is 15.7 Å². The van der Waals surface area contributed by atoms with Crippen molar-refractivity contribution in [1.82, 2.24) is 29.4 Å². The van der Waals surface area contributed by atoms with Gasteiger partial charge in [-0.3, -0.25) is 14.3 Å². The Balaban J connectivity index is 1.60. The Bertz CT molecular complexity index is 1520. The Kier molecular flexibility index (Phi) is 4.92. The van der Waals surface area contributed by atoms with E-state index in [9.17, 15) is 14.7 Å². The molecule has 0 saturated carbocycles. The number of aryl methyl sites for hydroxylation is 1. The number of rotatable bonds is 3. The summed E-state index contributed by atoms with van der Waals surface area (Å²) < 4.78 is 3.21. The van der Waals surface area contributed by atoms with E-state index in [1.807, 2.05) is 13.2 Å². The number of carbonyl (C=O) groups is 2. The van der Waals surface area contributed by atoms with Gasteiger partial charge in [0.15, 0.2) is 11.3 Å². The van der Waals surface area contributed by atoms with Crippen LogP contribution in [0.25, 0.3) is 28.0 Å². The molecule has 0 radical (unpaired) electrons. The molecule has 1 atom stereocenters. The predicted molar refractivity (Wildman–Crippen MR) is 124 cm³/mol. The topological polar surface area (TPSA) is 132 Å². The van der Waals surface area contributed by atoms with Gasteiger partial charge in [-0.2, -0.15) is 10.2 Å². The molecule has 3 N–H and O–H groups in total. The highest BCUT2D eigenvalue weighted by Crippen LogP contribution is 2.26. The lowest BCUT2D eigenvalue weighted by molar-refractivity contribution is -0.137. The fourth-order valence-corrected chi connectivity index (χ4v) is 3.93. The predicted octanol–water partition coefficient (Wildman–Crippen LogP) is 0.865. The average molecular weight is 455 g/mol. The summed E-state index contributed by atoms with van der Waals surface area (Å²) in [6.07, 6.45) is 3.79. The highest BCUT2D eigenvalue weighted by molar-refractivity contribution is 6.04. The summed E-state index contributed by atoms with van der Waals surface area (Å²) in [5, 5.41) is 19.7. The second-order valence-electron chi connectivity index (χ2n) is 8.23. The molecule has 0 unspecified atom stereocenters. The molecule has 1 saturated heterocycles. The summed E-state index contributed by atoms with van der Waals surface area (Å²) in [5.74, 6) is 4.53. The number of likely N-dealkylation sites (tertiary alicyclic amines) is 1. The number of aliphatic hydroxyl groups is 1. The number of hydrogen-bond acceptors (Lipinski definition) is 6. The summed E-state index contributed by atoms with van der Waals surface area (Å²) >= 11 is 0. The highest BCUT2D eigenvalue weighted by Gasteiger charge is 2.42. The maximum absolute atomic E-state index is 12.2. The number of nitrogens with zero attached hydrogens (tertiary/aromatic N) is 6. The van der Waals surface area contributed by atoms with Crippen molar-refractivity contribution in [2.75, 3.05) is 13.6 Å². The molecule has 3 aromatic heterocycles. The first-order valence-electron chi connectivity index (χ1n) is 10.6. The molecule has 10 nitrogen and oxygen atoms in total. The van der Waals surface area contributed by atoms with Crippen molar-refractivity contribution in [3.8, 4) is 28.8 Å². The number of primary amides is 1. The van der Waals surface area contributed by atoms with Crippen molar-refractivity contribution in [3.05, 3.63) is 60.0 Å². The number of hydrogen-bond donors (Lipinski definition) is 2. The number of fused-ring (bicyclic) bond motifs is 1. The van der Waals surface area contributed by atoms with Crippen molar-refractivity contribution in [3.63, 3.8) is 0 Å². The molecule has 5 rings (SSSR count). The van der Waals surface area contributed by atoms with Crippen LogP contribution in [-0.2, 0) is 11.8 Å². The number of benzene rings is 1. The molecule has 1 fully saturated rings. The minimum Gasteiger partial charge on any atom is -0.369 e. The third-order valence-corrected chi connectivity index (χ3v) is 5.78. The molecule has 4 aromatic rings. The maximum atomic E-state index is 12.2. The van der Waals surface area contributed by atoms with Crippen molar-refractivity contribution in [1.29, 1.82) is 0 Å². The summed E-state index contributed by atoms with van der Waals surface area (Å²) in [5.41, 5.74) is 7.08. The molecule has 0 spiro atoms. The first-order valence-corrected chi connectivity index (χ1v) is 10.6. The van der Waals surface area contributed by atoms with E-state index < -0.39 is 17.4 Å². The lowest BCUT2D eigenvalue weighted by Gasteiger charge is -2.13. The Labute approximate surface area is 194 Å². The van der Waals surface area contributed by atoms with Gasteiger partial charge in [0, 0.05) is 44.4 Å². The Morgan fingerprint density at radius 2 is 2.06 bits per heavy atom. The lowest BCUT2D eigenvalue weighted by Crippen LogP contribution is -2.37. The van der Waals surface area contributed by atoms with Gasteiger partial charge in [0.25, 0.3) is 11.8 Å². The smallest absolute Gasteiger partial charge is 0.269 e. The van der Waals surface area contributed by atoms with E-state index >= 15 is 0 Å². The molecule has 170 valence electrons. The van der Waals surface area contributed by atoms with Crippen LogP contribution in [0.4, 0.5) is 0 Å². The molecular formula is C24H21N7O3. The Morgan fingerprint density at radius 3 is 2.74 bits per heavy atom. The van der Waals surface area contributed by atoms with Gasteiger partial charge in [0.2, 0.25) is 5.60 Å². The van der Waals surface area contributed by atoms with Crippen LogP contribution in [0.3, 0.4) is 0 Å². The van der Waals surface area contributed by atoms with Crippen LogP contribution < -0.4 is 5.73 Å². The van der Waals surface area contributed by atoms with Crippen LogP contribution in [0.15, 0.2) is 48.8 Å². The average Bonchev–Trinajstić information content (AvgIpc) is 3.50. The normalized spacial score (nSPS) is 17.7. The monoisotopic (exact) mass is 455 g/mol. The highest BCUT2D eigenvalue weighted by atomic mass is 16.3. The van der Waals surface area contributed by atoms with Gasteiger partial charge in [0.1, 0.15) is 0 Å². The third kappa shape index (κ3) is 3.58. The Morgan fingerprint density at radius 1 is 1.24 bits per heavy atom. The maximum Gasteiger partial charge on any atom is 0.269 e. The molecule has 1 aliphatic rings. The van der Waals surface area contributed by atoms with E-state index in [-0.39, 0.29) is 12.1 Å². The molecule has 0 aliphatic carbocycles. The van der Waals surface area contributed by atoms with Crippen LogP contribution in [0.1, 0.15) is 22.5 Å². The molecule has 0 bridgehead atoms. The number of carbonyl (C=O) groups excluding carboxylic acids is 2. The first kappa shape index (κ1) is 21.4. The van der Waals surface area contributed by atoms with Crippen LogP contribution >= 0.6 is 0 Å². The second-order valence-corrected chi connectivity index (χ2v) is 8.23. The zero-order valence-corrected chi connectivity index (χ0v) is 18.6. The SMILES string of the molecule is CN1CC[C@@](O)(C#Cc2cccc(-n3nc(C(N)=O)c4ccc(-c5cnn(C)c5)nc43)c2)C1=O. The van der Waals surface area contributed by atoms with E-state index in [2.05, 4.69) is 22.0 Å². The van der Waals surface area contributed by atoms with Gasteiger partial charge in [-0.05, 0) is 30.3 Å². The lowest BCUT2D eigenvalue weighted by atomic mass is 10.0. The van der Waals surface area contributed by atoms with Crippen LogP contribution in [0.5, 0.6) is 0 Å². The molecule has 34 heavy (non-hydrogen) atoms. The summed E-state index contributed by atoms with van der Waals surface area (Å²) in [6, 6.07) is 10.6. The van der Waals surface area contributed by atoms with E-state index in [0.717, 1.165) is 5.56 Å².